The first-order chi connectivity index (χ1) is 9.04. The van der Waals surface area contributed by atoms with Gasteiger partial charge in [-0.2, -0.15) is 4.98 Å². The van der Waals surface area contributed by atoms with Crippen molar-refractivity contribution in [2.75, 3.05) is 7.11 Å². The van der Waals surface area contributed by atoms with Crippen LogP contribution in [0.3, 0.4) is 0 Å². The summed E-state index contributed by atoms with van der Waals surface area (Å²) < 4.78 is 27.8. The average molecular weight is 270 g/mol. The Labute approximate surface area is 111 Å². The van der Waals surface area contributed by atoms with Gasteiger partial charge in [0.05, 0.1) is 0 Å². The highest BCUT2D eigenvalue weighted by Crippen LogP contribution is 2.44. The molecule has 0 amide bonds. The van der Waals surface area contributed by atoms with Crippen LogP contribution in [-0.4, -0.2) is 41.5 Å². The number of hydrogen-bond acceptors (Lipinski definition) is 7. The van der Waals surface area contributed by atoms with Crippen molar-refractivity contribution in [3.05, 3.63) is 11.7 Å². The lowest BCUT2D eigenvalue weighted by Gasteiger charge is -2.22. The third-order valence-electron chi connectivity index (χ3n) is 3.28. The quantitative estimate of drug-likeness (QED) is 0.816. The summed E-state index contributed by atoms with van der Waals surface area (Å²) in [5, 5.41) is 3.94. The van der Waals surface area contributed by atoms with Gasteiger partial charge in [-0.15, -0.1) is 0 Å². The molecule has 7 nitrogen and oxygen atoms in total. The number of methoxy groups -OCH3 is 1. The number of nitrogens with zero attached hydrogens (tertiary/aromatic N) is 2. The Balaban J connectivity index is 1.86. The number of rotatable bonds is 3. The number of fused-ring (bicyclic) bond motifs is 1. The molecule has 1 unspecified atom stereocenters. The van der Waals surface area contributed by atoms with Crippen LogP contribution in [0, 0.1) is 0 Å². The largest absolute Gasteiger partial charge is 0.353 e. The van der Waals surface area contributed by atoms with Crippen molar-refractivity contribution in [1.82, 2.24) is 10.1 Å². The zero-order chi connectivity index (χ0) is 13.6. The van der Waals surface area contributed by atoms with Crippen molar-refractivity contribution >= 4 is 0 Å². The van der Waals surface area contributed by atoms with Crippen molar-refractivity contribution in [3.8, 4) is 0 Å². The first kappa shape index (κ1) is 13.0. The molecule has 0 bridgehead atoms. The fraction of sp³-hybridized carbons (Fsp3) is 0.833. The van der Waals surface area contributed by atoms with Crippen LogP contribution in [-0.2, 0) is 25.4 Å². The van der Waals surface area contributed by atoms with Crippen molar-refractivity contribution in [1.29, 1.82) is 0 Å². The summed E-state index contributed by atoms with van der Waals surface area (Å²) in [7, 11) is 1.58. The number of ether oxygens (including phenoxy) is 4. The Bertz CT molecular complexity index is 461. The van der Waals surface area contributed by atoms with E-state index in [9.17, 15) is 0 Å². The maximum absolute atomic E-state index is 5.87. The summed E-state index contributed by atoms with van der Waals surface area (Å²) in [6.07, 6.45) is -0.804. The molecule has 0 saturated carbocycles. The van der Waals surface area contributed by atoms with Gasteiger partial charge < -0.3 is 23.5 Å². The van der Waals surface area contributed by atoms with Crippen LogP contribution in [0.25, 0.3) is 0 Å². The van der Waals surface area contributed by atoms with E-state index in [2.05, 4.69) is 10.1 Å². The van der Waals surface area contributed by atoms with Gasteiger partial charge >= 0.3 is 0 Å². The first-order valence-corrected chi connectivity index (χ1v) is 6.40. The molecule has 4 atom stereocenters. The summed E-state index contributed by atoms with van der Waals surface area (Å²) >= 11 is 0. The second-order valence-electron chi connectivity index (χ2n) is 5.13. The van der Waals surface area contributed by atoms with Crippen LogP contribution < -0.4 is 0 Å². The molecule has 1 aromatic heterocycles. The minimum atomic E-state index is -0.661. The van der Waals surface area contributed by atoms with Gasteiger partial charge in [0.25, 0.3) is 0 Å². The molecule has 1 aromatic rings. The minimum Gasteiger partial charge on any atom is -0.353 e. The Kier molecular flexibility index (Phi) is 3.09. The standard InChI is InChI=1S/C12H18N2O5/c1-5-6-13-10(14-19-6)8-7-9(11(15-4)16-8)18-12(2,3)17-7/h7-9,11H,5H2,1-4H3/t7-,8+,9-,11?/m1/s1. The highest BCUT2D eigenvalue weighted by Gasteiger charge is 2.57. The Morgan fingerprint density at radius 2 is 2.00 bits per heavy atom. The van der Waals surface area contributed by atoms with E-state index in [4.69, 9.17) is 23.5 Å². The van der Waals surface area contributed by atoms with Crippen molar-refractivity contribution in [2.45, 2.75) is 57.6 Å². The maximum Gasteiger partial charge on any atom is 0.226 e. The molecular weight excluding hydrogens is 252 g/mol. The monoisotopic (exact) mass is 270 g/mol. The normalized spacial score (nSPS) is 36.6. The highest BCUT2D eigenvalue weighted by atomic mass is 16.8. The summed E-state index contributed by atoms with van der Waals surface area (Å²) in [6, 6.07) is 0. The van der Waals surface area contributed by atoms with Crippen LogP contribution in [0.1, 0.15) is 38.6 Å². The molecule has 0 aliphatic carbocycles. The molecular formula is C12H18N2O5. The van der Waals surface area contributed by atoms with Gasteiger partial charge in [-0.1, -0.05) is 12.1 Å². The molecule has 3 heterocycles. The minimum absolute atomic E-state index is 0.284. The van der Waals surface area contributed by atoms with E-state index >= 15 is 0 Å². The topological polar surface area (TPSA) is 75.8 Å². The fourth-order valence-corrected chi connectivity index (χ4v) is 2.49. The third-order valence-corrected chi connectivity index (χ3v) is 3.28. The summed E-state index contributed by atoms with van der Waals surface area (Å²) in [4.78, 5) is 4.29. The van der Waals surface area contributed by atoms with Gasteiger partial charge in [0.2, 0.25) is 11.7 Å². The Morgan fingerprint density at radius 1 is 1.26 bits per heavy atom. The van der Waals surface area contributed by atoms with Crippen LogP contribution in [0.4, 0.5) is 0 Å². The number of aromatic nitrogens is 2. The summed E-state index contributed by atoms with van der Waals surface area (Å²) in [5.41, 5.74) is 0. The van der Waals surface area contributed by atoms with E-state index in [0.29, 0.717) is 18.1 Å². The maximum atomic E-state index is 5.87. The van der Waals surface area contributed by atoms with E-state index in [1.165, 1.54) is 0 Å². The Morgan fingerprint density at radius 3 is 2.63 bits per heavy atom. The molecule has 19 heavy (non-hydrogen) atoms. The predicted octanol–water partition coefficient (Wildman–Crippen LogP) is 1.20. The smallest absolute Gasteiger partial charge is 0.226 e. The van der Waals surface area contributed by atoms with E-state index in [0.717, 1.165) is 0 Å². The van der Waals surface area contributed by atoms with Gasteiger partial charge in [-0.05, 0) is 13.8 Å². The van der Waals surface area contributed by atoms with Gasteiger partial charge in [0.15, 0.2) is 18.2 Å². The lowest BCUT2D eigenvalue weighted by molar-refractivity contribution is -0.229. The highest BCUT2D eigenvalue weighted by molar-refractivity contribution is 5.04. The summed E-state index contributed by atoms with van der Waals surface area (Å²) in [6.45, 7) is 5.68. The van der Waals surface area contributed by atoms with E-state index < -0.39 is 18.2 Å². The molecule has 3 rings (SSSR count). The fourth-order valence-electron chi connectivity index (χ4n) is 2.49. The lowest BCUT2D eigenvalue weighted by atomic mass is 10.1. The van der Waals surface area contributed by atoms with Gasteiger partial charge in [0.1, 0.15) is 12.2 Å². The second kappa shape index (κ2) is 4.52. The van der Waals surface area contributed by atoms with Crippen LogP contribution in [0.15, 0.2) is 4.52 Å². The van der Waals surface area contributed by atoms with Gasteiger partial charge in [-0.3, -0.25) is 0 Å². The molecule has 0 spiro atoms. The zero-order valence-electron chi connectivity index (χ0n) is 11.5. The Hall–Kier alpha value is -1.02. The van der Waals surface area contributed by atoms with Crippen LogP contribution in [0.5, 0.6) is 0 Å². The predicted molar refractivity (Wildman–Crippen MR) is 62.1 cm³/mol. The number of hydrogen-bond donors (Lipinski definition) is 0. The molecule has 0 radical (unpaired) electrons. The first-order valence-electron chi connectivity index (χ1n) is 6.40. The third kappa shape index (κ3) is 2.16. The van der Waals surface area contributed by atoms with Crippen molar-refractivity contribution < 1.29 is 23.5 Å². The van der Waals surface area contributed by atoms with Crippen molar-refractivity contribution in [2.24, 2.45) is 0 Å². The molecule has 0 N–H and O–H groups in total. The van der Waals surface area contributed by atoms with E-state index in [1.807, 2.05) is 20.8 Å². The van der Waals surface area contributed by atoms with Crippen LogP contribution >= 0.6 is 0 Å². The average Bonchev–Trinajstić information content (AvgIpc) is 3.01. The van der Waals surface area contributed by atoms with E-state index in [-0.39, 0.29) is 12.2 Å². The van der Waals surface area contributed by atoms with Crippen molar-refractivity contribution in [3.63, 3.8) is 0 Å². The van der Waals surface area contributed by atoms with Crippen LogP contribution in [0.2, 0.25) is 0 Å². The van der Waals surface area contributed by atoms with E-state index in [1.54, 1.807) is 7.11 Å². The summed E-state index contributed by atoms with van der Waals surface area (Å²) in [5.74, 6) is 0.396. The molecule has 7 heteroatoms. The van der Waals surface area contributed by atoms with Gasteiger partial charge in [0, 0.05) is 13.5 Å². The molecule has 2 fully saturated rings. The molecule has 106 valence electrons. The molecule has 2 saturated heterocycles. The molecule has 0 aromatic carbocycles. The second-order valence-corrected chi connectivity index (χ2v) is 5.13. The zero-order valence-corrected chi connectivity index (χ0v) is 11.5. The molecule has 2 aliphatic heterocycles. The van der Waals surface area contributed by atoms with Gasteiger partial charge in [-0.25, -0.2) is 0 Å². The SMILES string of the molecule is CCc1nc([C@H]2OC(OC)[C@@H]3OC(C)(C)O[C@H]23)no1. The lowest BCUT2D eigenvalue weighted by Crippen LogP contribution is -2.30. The molecule has 2 aliphatic rings. The number of aryl methyl sites for hydroxylation is 1.